The number of nitrogens with zero attached hydrogens (tertiary/aromatic N) is 2. The zero-order valence-corrected chi connectivity index (χ0v) is 14.0. The van der Waals surface area contributed by atoms with Gasteiger partial charge in [0.15, 0.2) is 0 Å². The second-order valence-corrected chi connectivity index (χ2v) is 6.38. The predicted molar refractivity (Wildman–Crippen MR) is 93.9 cm³/mol. The molecular weight excluding hydrogens is 268 g/mol. The summed E-state index contributed by atoms with van der Waals surface area (Å²) in [6, 6.07) is 17.5. The van der Waals surface area contributed by atoms with Crippen LogP contribution in [0.15, 0.2) is 42.5 Å². The van der Waals surface area contributed by atoms with Crippen molar-refractivity contribution in [3.8, 4) is 6.07 Å². The van der Waals surface area contributed by atoms with Gasteiger partial charge in [-0.15, -0.1) is 0 Å². The quantitative estimate of drug-likeness (QED) is 0.737. The summed E-state index contributed by atoms with van der Waals surface area (Å²) in [6.07, 6.45) is 4.02. The van der Waals surface area contributed by atoms with E-state index in [1.54, 1.807) is 0 Å². The van der Waals surface area contributed by atoms with E-state index in [2.05, 4.69) is 74.5 Å². The van der Waals surface area contributed by atoms with Gasteiger partial charge < -0.3 is 4.90 Å². The van der Waals surface area contributed by atoms with E-state index in [0.29, 0.717) is 0 Å². The van der Waals surface area contributed by atoms with Crippen molar-refractivity contribution in [2.24, 2.45) is 0 Å². The van der Waals surface area contributed by atoms with Crippen LogP contribution < -0.4 is 0 Å². The van der Waals surface area contributed by atoms with Crippen molar-refractivity contribution in [1.29, 1.82) is 5.26 Å². The van der Waals surface area contributed by atoms with E-state index in [9.17, 15) is 5.26 Å². The lowest BCUT2D eigenvalue weighted by Gasteiger charge is -2.30. The molecule has 22 heavy (non-hydrogen) atoms. The van der Waals surface area contributed by atoms with Gasteiger partial charge in [0.2, 0.25) is 0 Å². The van der Waals surface area contributed by atoms with E-state index in [-0.39, 0.29) is 5.41 Å². The summed E-state index contributed by atoms with van der Waals surface area (Å²) in [4.78, 5) is 2.17. The molecule has 2 aromatic carbocycles. The molecule has 0 amide bonds. The van der Waals surface area contributed by atoms with Crippen molar-refractivity contribution in [3.63, 3.8) is 0 Å². The fourth-order valence-electron chi connectivity index (χ4n) is 3.10. The molecular formula is C20H26N2. The molecule has 0 N–H and O–H groups in total. The standard InChI is InChI=1S/C20H26N2/c1-4-5-13-20(16-21,14-15-22(2)3)19-12-8-10-17-9-6-7-11-18(17)19/h6-12H,4-5,13-15H2,1-3H3/t20-/m1/s1. The van der Waals surface area contributed by atoms with Gasteiger partial charge in [0.25, 0.3) is 0 Å². The first-order chi connectivity index (χ1) is 10.6. The van der Waals surface area contributed by atoms with Crippen LogP contribution in [0.1, 0.15) is 38.2 Å². The van der Waals surface area contributed by atoms with E-state index in [1.807, 2.05) is 0 Å². The van der Waals surface area contributed by atoms with Crippen LogP contribution in [0.4, 0.5) is 0 Å². The molecule has 2 heteroatoms. The molecule has 0 aliphatic heterocycles. The number of nitriles is 1. The van der Waals surface area contributed by atoms with Crippen molar-refractivity contribution in [2.45, 2.75) is 38.0 Å². The average molecular weight is 294 g/mol. The Bertz CT molecular complexity index is 649. The highest BCUT2D eigenvalue weighted by Crippen LogP contribution is 2.37. The van der Waals surface area contributed by atoms with Gasteiger partial charge in [-0.2, -0.15) is 5.26 Å². The number of rotatable bonds is 7. The maximum Gasteiger partial charge on any atom is 0.0840 e. The molecule has 2 aromatic rings. The zero-order valence-electron chi connectivity index (χ0n) is 14.0. The fraction of sp³-hybridized carbons (Fsp3) is 0.450. The molecule has 0 fully saturated rings. The Balaban J connectivity index is 2.52. The first-order valence-electron chi connectivity index (χ1n) is 8.17. The molecule has 0 unspecified atom stereocenters. The molecule has 1 atom stereocenters. The molecule has 0 bridgehead atoms. The second kappa shape index (κ2) is 7.42. The lowest BCUT2D eigenvalue weighted by Crippen LogP contribution is -2.29. The highest BCUT2D eigenvalue weighted by Gasteiger charge is 2.33. The Labute approximate surface area is 134 Å². The van der Waals surface area contributed by atoms with Crippen molar-refractivity contribution >= 4 is 10.8 Å². The zero-order chi connectivity index (χ0) is 16.0. The molecule has 116 valence electrons. The summed E-state index contributed by atoms with van der Waals surface area (Å²) >= 11 is 0. The van der Waals surface area contributed by atoms with Crippen LogP contribution in [0.5, 0.6) is 0 Å². The normalized spacial score (nSPS) is 14.0. The summed E-state index contributed by atoms with van der Waals surface area (Å²) in [5.74, 6) is 0. The van der Waals surface area contributed by atoms with Crippen LogP contribution in [0.3, 0.4) is 0 Å². The minimum atomic E-state index is -0.388. The third kappa shape index (κ3) is 3.48. The Morgan fingerprint density at radius 2 is 1.77 bits per heavy atom. The van der Waals surface area contributed by atoms with Crippen LogP contribution >= 0.6 is 0 Å². The van der Waals surface area contributed by atoms with Crippen LogP contribution in [-0.2, 0) is 5.41 Å². The van der Waals surface area contributed by atoms with E-state index in [0.717, 1.165) is 32.2 Å². The van der Waals surface area contributed by atoms with Gasteiger partial charge in [0.05, 0.1) is 11.5 Å². The van der Waals surface area contributed by atoms with Gasteiger partial charge in [-0.25, -0.2) is 0 Å². The summed E-state index contributed by atoms with van der Waals surface area (Å²) in [6.45, 7) is 3.12. The van der Waals surface area contributed by atoms with Gasteiger partial charge in [0.1, 0.15) is 0 Å². The number of fused-ring (bicyclic) bond motifs is 1. The third-order valence-electron chi connectivity index (χ3n) is 4.46. The Hall–Kier alpha value is -1.85. The second-order valence-electron chi connectivity index (χ2n) is 6.38. The highest BCUT2D eigenvalue weighted by molar-refractivity contribution is 5.87. The molecule has 0 aliphatic rings. The molecule has 0 saturated heterocycles. The topological polar surface area (TPSA) is 27.0 Å². The Morgan fingerprint density at radius 3 is 2.45 bits per heavy atom. The van der Waals surface area contributed by atoms with Gasteiger partial charge >= 0.3 is 0 Å². The van der Waals surface area contributed by atoms with E-state index in [4.69, 9.17) is 0 Å². The van der Waals surface area contributed by atoms with Gasteiger partial charge in [-0.3, -0.25) is 0 Å². The average Bonchev–Trinajstić information content (AvgIpc) is 2.55. The van der Waals surface area contributed by atoms with Gasteiger partial charge in [-0.05, 0) is 49.8 Å². The maximum atomic E-state index is 10.1. The molecule has 0 heterocycles. The smallest absolute Gasteiger partial charge is 0.0840 e. The van der Waals surface area contributed by atoms with Crippen LogP contribution in [-0.4, -0.2) is 25.5 Å². The largest absolute Gasteiger partial charge is 0.309 e. The fourth-order valence-corrected chi connectivity index (χ4v) is 3.10. The monoisotopic (exact) mass is 294 g/mol. The lowest BCUT2D eigenvalue weighted by atomic mass is 9.73. The number of hydrogen-bond donors (Lipinski definition) is 0. The molecule has 0 aromatic heterocycles. The summed E-state index contributed by atoms with van der Waals surface area (Å²) in [5.41, 5.74) is 0.810. The summed E-state index contributed by atoms with van der Waals surface area (Å²) in [7, 11) is 4.15. The molecule has 2 nitrogen and oxygen atoms in total. The van der Waals surface area contributed by atoms with Gasteiger partial charge in [-0.1, -0.05) is 62.2 Å². The minimum absolute atomic E-state index is 0.388. The van der Waals surface area contributed by atoms with Crippen molar-refractivity contribution in [1.82, 2.24) is 4.90 Å². The van der Waals surface area contributed by atoms with Gasteiger partial charge in [0, 0.05) is 0 Å². The lowest BCUT2D eigenvalue weighted by molar-refractivity contribution is 0.339. The first kappa shape index (κ1) is 16.5. The van der Waals surface area contributed by atoms with Crippen molar-refractivity contribution in [3.05, 3.63) is 48.0 Å². The van der Waals surface area contributed by atoms with Crippen molar-refractivity contribution < 1.29 is 0 Å². The van der Waals surface area contributed by atoms with E-state index < -0.39 is 0 Å². The number of benzene rings is 2. The number of hydrogen-bond acceptors (Lipinski definition) is 2. The van der Waals surface area contributed by atoms with Crippen molar-refractivity contribution in [2.75, 3.05) is 20.6 Å². The highest BCUT2D eigenvalue weighted by atomic mass is 15.0. The predicted octanol–water partition coefficient (Wildman–Crippen LogP) is 4.74. The maximum absolute atomic E-state index is 10.1. The summed E-state index contributed by atoms with van der Waals surface area (Å²) in [5, 5.41) is 12.5. The van der Waals surface area contributed by atoms with Crippen LogP contribution in [0.2, 0.25) is 0 Å². The molecule has 2 rings (SSSR count). The number of unbranched alkanes of at least 4 members (excludes halogenated alkanes) is 1. The third-order valence-corrected chi connectivity index (χ3v) is 4.46. The van der Waals surface area contributed by atoms with Crippen LogP contribution in [0, 0.1) is 11.3 Å². The minimum Gasteiger partial charge on any atom is -0.309 e. The van der Waals surface area contributed by atoms with E-state index in [1.165, 1.54) is 16.3 Å². The first-order valence-corrected chi connectivity index (χ1v) is 8.17. The SMILES string of the molecule is CCCC[C@](C#N)(CCN(C)C)c1cccc2ccccc12. The molecule has 0 radical (unpaired) electrons. The molecule has 0 saturated carbocycles. The Kier molecular flexibility index (Phi) is 5.57. The summed E-state index contributed by atoms with van der Waals surface area (Å²) < 4.78 is 0. The Morgan fingerprint density at radius 1 is 1.05 bits per heavy atom. The molecule has 0 spiro atoms. The van der Waals surface area contributed by atoms with E-state index >= 15 is 0 Å². The van der Waals surface area contributed by atoms with Crippen LogP contribution in [0.25, 0.3) is 10.8 Å². The molecule has 0 aliphatic carbocycles.